The zero-order valence-electron chi connectivity index (χ0n) is 17.1. The van der Waals surface area contributed by atoms with Crippen LogP contribution in [0.2, 0.25) is 5.02 Å². The molecule has 162 valence electrons. The minimum atomic E-state index is -0.594. The Labute approximate surface area is 189 Å². The fourth-order valence-corrected chi connectivity index (χ4v) is 4.56. The molecule has 7 nitrogen and oxygen atoms in total. The lowest BCUT2D eigenvalue weighted by atomic mass is 9.97. The van der Waals surface area contributed by atoms with Gasteiger partial charge in [-0.05, 0) is 61.6 Å². The number of imide groups is 1. The van der Waals surface area contributed by atoms with E-state index in [1.807, 2.05) is 18.4 Å². The SMILES string of the molecule is COc1cc(SC)ccc1C(=O)N[C@@H]1CCN2C(=O)N(c3ccc(Cl)cc3)C(=O)[C@@H]2C1. The third-order valence-corrected chi connectivity index (χ3v) is 6.60. The highest BCUT2D eigenvalue weighted by molar-refractivity contribution is 7.98. The van der Waals surface area contributed by atoms with Gasteiger partial charge in [0.2, 0.25) is 0 Å². The van der Waals surface area contributed by atoms with E-state index in [9.17, 15) is 14.4 Å². The van der Waals surface area contributed by atoms with E-state index in [-0.39, 0.29) is 23.9 Å². The Hall–Kier alpha value is -2.71. The first kappa shape index (κ1) is 21.5. The number of amides is 4. The quantitative estimate of drug-likeness (QED) is 0.543. The molecule has 9 heteroatoms. The molecule has 4 rings (SSSR count). The van der Waals surface area contributed by atoms with Gasteiger partial charge in [-0.3, -0.25) is 9.59 Å². The zero-order valence-corrected chi connectivity index (χ0v) is 18.7. The Balaban J connectivity index is 1.47. The van der Waals surface area contributed by atoms with Crippen LogP contribution in [0.15, 0.2) is 47.4 Å². The molecule has 2 heterocycles. The number of rotatable bonds is 5. The molecule has 2 atom stereocenters. The number of carbonyl (C=O) groups is 3. The maximum Gasteiger partial charge on any atom is 0.332 e. The molecule has 0 saturated carbocycles. The van der Waals surface area contributed by atoms with E-state index in [2.05, 4.69) is 5.32 Å². The largest absolute Gasteiger partial charge is 0.496 e. The van der Waals surface area contributed by atoms with Gasteiger partial charge in [0, 0.05) is 22.5 Å². The molecule has 2 aromatic carbocycles. The van der Waals surface area contributed by atoms with Crippen molar-refractivity contribution < 1.29 is 19.1 Å². The molecule has 2 aromatic rings. The van der Waals surface area contributed by atoms with Crippen molar-refractivity contribution in [3.8, 4) is 5.75 Å². The van der Waals surface area contributed by atoms with E-state index in [4.69, 9.17) is 16.3 Å². The van der Waals surface area contributed by atoms with Gasteiger partial charge < -0.3 is 15.0 Å². The fraction of sp³-hybridized carbons (Fsp3) is 0.318. The lowest BCUT2D eigenvalue weighted by Gasteiger charge is -2.32. The van der Waals surface area contributed by atoms with Crippen molar-refractivity contribution in [1.29, 1.82) is 0 Å². The van der Waals surface area contributed by atoms with Crippen LogP contribution in [-0.2, 0) is 4.79 Å². The first-order chi connectivity index (χ1) is 14.9. The van der Waals surface area contributed by atoms with Gasteiger partial charge in [-0.25, -0.2) is 9.69 Å². The maximum absolute atomic E-state index is 13.0. The number of piperidine rings is 1. The number of methoxy groups -OCH3 is 1. The number of ether oxygens (including phenoxy) is 1. The highest BCUT2D eigenvalue weighted by atomic mass is 35.5. The molecule has 0 spiro atoms. The second-order valence-corrected chi connectivity index (χ2v) is 8.72. The molecular formula is C22H22ClN3O4S. The number of urea groups is 1. The van der Waals surface area contributed by atoms with Gasteiger partial charge in [0.25, 0.3) is 11.8 Å². The highest BCUT2D eigenvalue weighted by Gasteiger charge is 2.48. The van der Waals surface area contributed by atoms with Gasteiger partial charge in [-0.2, -0.15) is 0 Å². The molecule has 2 saturated heterocycles. The second-order valence-electron chi connectivity index (χ2n) is 7.40. The molecule has 2 aliphatic rings. The Kier molecular flexibility index (Phi) is 6.11. The Morgan fingerprint density at radius 2 is 1.94 bits per heavy atom. The van der Waals surface area contributed by atoms with E-state index < -0.39 is 6.04 Å². The monoisotopic (exact) mass is 459 g/mol. The Morgan fingerprint density at radius 1 is 1.19 bits per heavy atom. The van der Waals surface area contributed by atoms with Crippen LogP contribution in [0.25, 0.3) is 0 Å². The number of thioether (sulfide) groups is 1. The summed E-state index contributed by atoms with van der Waals surface area (Å²) in [4.78, 5) is 42.5. The van der Waals surface area contributed by atoms with E-state index in [0.29, 0.717) is 41.4 Å². The fourth-order valence-electron chi connectivity index (χ4n) is 4.01. The number of benzene rings is 2. The van der Waals surface area contributed by atoms with E-state index >= 15 is 0 Å². The third kappa shape index (κ3) is 4.09. The summed E-state index contributed by atoms with van der Waals surface area (Å²) in [5.74, 6) is -0.0368. The smallest absolute Gasteiger partial charge is 0.332 e. The van der Waals surface area contributed by atoms with Crippen LogP contribution < -0.4 is 15.0 Å². The van der Waals surface area contributed by atoms with E-state index in [1.165, 1.54) is 12.0 Å². The standard InChI is InChI=1S/C22H22ClN3O4S/c1-30-19-12-16(31-2)7-8-17(19)20(27)24-14-9-10-25-18(11-14)21(28)26(22(25)29)15-5-3-13(23)4-6-15/h3-8,12,14,18H,9-11H2,1-2H3,(H,24,27)/t14-,18+/m1/s1. The van der Waals surface area contributed by atoms with Crippen molar-refractivity contribution in [2.24, 2.45) is 0 Å². The molecule has 31 heavy (non-hydrogen) atoms. The van der Waals surface area contributed by atoms with Crippen LogP contribution in [0.3, 0.4) is 0 Å². The first-order valence-electron chi connectivity index (χ1n) is 9.86. The molecule has 1 N–H and O–H groups in total. The van der Waals surface area contributed by atoms with Crippen LogP contribution in [0.4, 0.5) is 10.5 Å². The Morgan fingerprint density at radius 3 is 2.61 bits per heavy atom. The predicted molar refractivity (Wildman–Crippen MR) is 120 cm³/mol. The van der Waals surface area contributed by atoms with Crippen LogP contribution in [-0.4, -0.2) is 54.7 Å². The summed E-state index contributed by atoms with van der Waals surface area (Å²) in [5, 5.41) is 3.54. The molecule has 0 aromatic heterocycles. The molecule has 4 amide bonds. The third-order valence-electron chi connectivity index (χ3n) is 5.62. The van der Waals surface area contributed by atoms with Gasteiger partial charge in [0.1, 0.15) is 11.8 Å². The van der Waals surface area contributed by atoms with Crippen molar-refractivity contribution in [1.82, 2.24) is 10.2 Å². The summed E-state index contributed by atoms with van der Waals surface area (Å²) in [5.41, 5.74) is 0.937. The number of fused-ring (bicyclic) bond motifs is 1. The molecule has 0 aliphatic carbocycles. The number of nitrogens with one attached hydrogen (secondary N) is 1. The molecule has 0 unspecified atom stereocenters. The van der Waals surface area contributed by atoms with Gasteiger partial charge in [0.15, 0.2) is 0 Å². The van der Waals surface area contributed by atoms with Crippen LogP contribution in [0.1, 0.15) is 23.2 Å². The number of carbonyl (C=O) groups excluding carboxylic acids is 3. The van der Waals surface area contributed by atoms with Crippen LogP contribution >= 0.6 is 23.4 Å². The highest BCUT2D eigenvalue weighted by Crippen LogP contribution is 2.32. The average molecular weight is 460 g/mol. The van der Waals surface area contributed by atoms with Crippen molar-refractivity contribution in [2.75, 3.05) is 24.8 Å². The van der Waals surface area contributed by atoms with E-state index in [0.717, 1.165) is 4.90 Å². The number of halogens is 1. The summed E-state index contributed by atoms with van der Waals surface area (Å²) < 4.78 is 5.37. The number of anilines is 1. The molecule has 0 bridgehead atoms. The lowest BCUT2D eigenvalue weighted by molar-refractivity contribution is -0.120. The van der Waals surface area contributed by atoms with Crippen molar-refractivity contribution in [3.63, 3.8) is 0 Å². The van der Waals surface area contributed by atoms with Crippen molar-refractivity contribution in [2.45, 2.75) is 29.8 Å². The van der Waals surface area contributed by atoms with Gasteiger partial charge in [0.05, 0.1) is 18.4 Å². The normalized spacial score (nSPS) is 20.6. The van der Waals surface area contributed by atoms with Crippen LogP contribution in [0.5, 0.6) is 5.75 Å². The van der Waals surface area contributed by atoms with Gasteiger partial charge in [-0.1, -0.05) is 11.6 Å². The lowest BCUT2D eigenvalue weighted by Crippen LogP contribution is -2.49. The number of nitrogens with zero attached hydrogens (tertiary/aromatic N) is 2. The van der Waals surface area contributed by atoms with Gasteiger partial charge >= 0.3 is 6.03 Å². The Bertz CT molecular complexity index is 1030. The number of hydrogen-bond acceptors (Lipinski definition) is 5. The minimum absolute atomic E-state index is 0.222. The van der Waals surface area contributed by atoms with Crippen molar-refractivity contribution >= 4 is 46.9 Å². The zero-order chi connectivity index (χ0) is 22.1. The number of hydrogen-bond donors (Lipinski definition) is 1. The summed E-state index contributed by atoms with van der Waals surface area (Å²) in [6.07, 6.45) is 2.89. The predicted octanol–water partition coefficient (Wildman–Crippen LogP) is 3.80. The first-order valence-corrected chi connectivity index (χ1v) is 11.5. The van der Waals surface area contributed by atoms with Crippen LogP contribution in [0, 0.1) is 0 Å². The molecule has 2 aliphatic heterocycles. The summed E-state index contributed by atoms with van der Waals surface area (Å²) in [6.45, 7) is 0.396. The molecule has 0 radical (unpaired) electrons. The second kappa shape index (κ2) is 8.80. The maximum atomic E-state index is 13.0. The van der Waals surface area contributed by atoms with E-state index in [1.54, 1.807) is 47.0 Å². The molecule has 2 fully saturated rings. The average Bonchev–Trinajstić information content (AvgIpc) is 3.03. The molecular weight excluding hydrogens is 438 g/mol. The summed E-state index contributed by atoms with van der Waals surface area (Å²) in [6, 6.07) is 10.9. The van der Waals surface area contributed by atoms with Crippen molar-refractivity contribution in [3.05, 3.63) is 53.1 Å². The summed E-state index contributed by atoms with van der Waals surface area (Å²) >= 11 is 7.49. The topological polar surface area (TPSA) is 79.0 Å². The minimum Gasteiger partial charge on any atom is -0.496 e. The summed E-state index contributed by atoms with van der Waals surface area (Å²) in [7, 11) is 1.53. The van der Waals surface area contributed by atoms with Gasteiger partial charge in [-0.15, -0.1) is 11.8 Å².